The van der Waals surface area contributed by atoms with Gasteiger partial charge in [-0.25, -0.2) is 4.99 Å². The lowest BCUT2D eigenvalue weighted by atomic mass is 10.2. The Labute approximate surface area is 91.5 Å². The van der Waals surface area contributed by atoms with Gasteiger partial charge >= 0.3 is 0 Å². The largest absolute Gasteiger partial charge is 0.385 e. The minimum atomic E-state index is -0.960. The van der Waals surface area contributed by atoms with Gasteiger partial charge in [-0.1, -0.05) is 0 Å². The van der Waals surface area contributed by atoms with Gasteiger partial charge in [-0.05, 0) is 18.2 Å². The molecule has 0 fully saturated rings. The Morgan fingerprint density at radius 3 is 3.06 bits per heavy atom. The molecule has 82 valence electrons. The quantitative estimate of drug-likeness (QED) is 0.512. The summed E-state index contributed by atoms with van der Waals surface area (Å²) in [7, 11) is 1.97. The molecule has 0 spiro atoms. The van der Waals surface area contributed by atoms with E-state index in [2.05, 4.69) is 10.3 Å². The SMILES string of the molecule is Cn1ccc2c3c(ccc21)=C(N)NC(O)N=3. The van der Waals surface area contributed by atoms with Crippen LogP contribution in [0.15, 0.2) is 29.4 Å². The molecule has 3 rings (SSSR count). The molecule has 4 N–H and O–H groups in total. The molecule has 1 aromatic heterocycles. The van der Waals surface area contributed by atoms with Crippen LogP contribution in [0.5, 0.6) is 0 Å². The van der Waals surface area contributed by atoms with Crippen molar-refractivity contribution in [2.75, 3.05) is 0 Å². The number of fused-ring (bicyclic) bond motifs is 3. The van der Waals surface area contributed by atoms with E-state index in [0.29, 0.717) is 5.82 Å². The summed E-state index contributed by atoms with van der Waals surface area (Å²) in [6, 6.07) is 5.88. The van der Waals surface area contributed by atoms with Crippen LogP contribution in [0.4, 0.5) is 0 Å². The van der Waals surface area contributed by atoms with Crippen molar-refractivity contribution in [3.63, 3.8) is 0 Å². The lowest BCUT2D eigenvalue weighted by molar-refractivity contribution is 0.159. The molecule has 0 aliphatic carbocycles. The molecule has 1 aliphatic rings. The summed E-state index contributed by atoms with van der Waals surface area (Å²) in [5.74, 6) is 0.461. The number of rotatable bonds is 0. The summed E-state index contributed by atoms with van der Waals surface area (Å²) in [5, 5.41) is 14.8. The maximum Gasteiger partial charge on any atom is 0.224 e. The average Bonchev–Trinajstić information content (AvgIpc) is 2.60. The van der Waals surface area contributed by atoms with Gasteiger partial charge in [0.1, 0.15) is 5.82 Å². The van der Waals surface area contributed by atoms with Crippen molar-refractivity contribution in [1.29, 1.82) is 0 Å². The number of hydrogen-bond donors (Lipinski definition) is 3. The number of nitrogens with two attached hydrogens (primary N) is 1. The third kappa shape index (κ3) is 1.12. The zero-order valence-electron chi connectivity index (χ0n) is 8.81. The molecule has 1 aliphatic heterocycles. The van der Waals surface area contributed by atoms with Crippen LogP contribution >= 0.6 is 0 Å². The molecule has 0 saturated carbocycles. The summed E-state index contributed by atoms with van der Waals surface area (Å²) in [6.45, 7) is 0. The van der Waals surface area contributed by atoms with Crippen LogP contribution in [0.1, 0.15) is 0 Å². The number of benzene rings is 1. The van der Waals surface area contributed by atoms with E-state index in [-0.39, 0.29) is 0 Å². The molecule has 16 heavy (non-hydrogen) atoms. The predicted molar refractivity (Wildman–Crippen MR) is 60.4 cm³/mol. The second-order valence-electron chi connectivity index (χ2n) is 3.88. The molecule has 5 nitrogen and oxygen atoms in total. The molecule has 0 bridgehead atoms. The van der Waals surface area contributed by atoms with E-state index < -0.39 is 6.35 Å². The molecule has 1 atom stereocenters. The summed E-state index contributed by atoms with van der Waals surface area (Å²) < 4.78 is 2.01. The van der Waals surface area contributed by atoms with E-state index >= 15 is 0 Å². The number of aliphatic hydroxyl groups is 1. The number of aromatic nitrogens is 1. The van der Waals surface area contributed by atoms with Gasteiger partial charge in [0.2, 0.25) is 6.35 Å². The Bertz CT molecular complexity index is 686. The molecular formula is C11H12N4O. The van der Waals surface area contributed by atoms with E-state index in [0.717, 1.165) is 21.5 Å². The molecule has 1 aromatic carbocycles. The number of nitrogens with one attached hydrogen (secondary N) is 1. The molecular weight excluding hydrogens is 204 g/mol. The summed E-state index contributed by atoms with van der Waals surface area (Å²) in [5.41, 5.74) is 6.89. The smallest absolute Gasteiger partial charge is 0.224 e. The lowest BCUT2D eigenvalue weighted by Gasteiger charge is -2.14. The molecule has 0 radical (unpaired) electrons. The fourth-order valence-corrected chi connectivity index (χ4v) is 2.06. The van der Waals surface area contributed by atoms with Gasteiger partial charge in [0.05, 0.1) is 5.36 Å². The van der Waals surface area contributed by atoms with Crippen molar-refractivity contribution in [3.05, 3.63) is 35.0 Å². The first kappa shape index (κ1) is 9.23. The fourth-order valence-electron chi connectivity index (χ4n) is 2.06. The highest BCUT2D eigenvalue weighted by Crippen LogP contribution is 2.08. The fraction of sp³-hybridized carbons (Fsp3) is 0.182. The topological polar surface area (TPSA) is 75.6 Å². The second-order valence-corrected chi connectivity index (χ2v) is 3.88. The second kappa shape index (κ2) is 2.99. The van der Waals surface area contributed by atoms with Crippen molar-refractivity contribution in [2.24, 2.45) is 17.8 Å². The Kier molecular flexibility index (Phi) is 1.73. The van der Waals surface area contributed by atoms with Crippen LogP contribution < -0.4 is 21.6 Å². The number of aryl methyl sites for hydroxylation is 1. The van der Waals surface area contributed by atoms with Crippen molar-refractivity contribution in [2.45, 2.75) is 6.35 Å². The van der Waals surface area contributed by atoms with Gasteiger partial charge in [-0.15, -0.1) is 0 Å². The Hall–Kier alpha value is -2.01. The zero-order chi connectivity index (χ0) is 11.3. The van der Waals surface area contributed by atoms with Crippen LogP contribution in [0.2, 0.25) is 0 Å². The Balaban J connectivity index is 2.57. The molecule has 2 heterocycles. The minimum Gasteiger partial charge on any atom is -0.385 e. The van der Waals surface area contributed by atoms with Crippen molar-refractivity contribution < 1.29 is 5.11 Å². The highest BCUT2D eigenvalue weighted by atomic mass is 16.3. The summed E-state index contributed by atoms with van der Waals surface area (Å²) in [4.78, 5) is 4.17. The number of hydrogen-bond acceptors (Lipinski definition) is 4. The number of aliphatic hydroxyl groups excluding tert-OH is 1. The van der Waals surface area contributed by atoms with Crippen molar-refractivity contribution in [1.82, 2.24) is 9.88 Å². The molecule has 0 saturated heterocycles. The van der Waals surface area contributed by atoms with Gasteiger partial charge < -0.3 is 20.7 Å². The first-order valence-corrected chi connectivity index (χ1v) is 5.03. The standard InChI is InChI=1S/C11H12N4O/c1-15-5-4-6-8(15)3-2-7-9(6)13-11(16)14-10(7)12/h2-5,11,14,16H,12H2,1H3. The van der Waals surface area contributed by atoms with Crippen molar-refractivity contribution in [3.8, 4) is 0 Å². The summed E-state index contributed by atoms with van der Waals surface area (Å²) >= 11 is 0. The van der Waals surface area contributed by atoms with E-state index in [4.69, 9.17) is 5.73 Å². The zero-order valence-corrected chi connectivity index (χ0v) is 8.81. The highest BCUT2D eigenvalue weighted by molar-refractivity contribution is 5.80. The van der Waals surface area contributed by atoms with E-state index in [9.17, 15) is 5.11 Å². The van der Waals surface area contributed by atoms with E-state index in [1.165, 1.54) is 0 Å². The maximum atomic E-state index is 9.51. The van der Waals surface area contributed by atoms with E-state index in [1.54, 1.807) is 0 Å². The minimum absolute atomic E-state index is 0.461. The number of nitrogens with zero attached hydrogens (tertiary/aromatic N) is 2. The lowest BCUT2D eigenvalue weighted by Crippen LogP contribution is -2.46. The first-order valence-electron chi connectivity index (χ1n) is 5.03. The van der Waals surface area contributed by atoms with Crippen LogP contribution in [-0.4, -0.2) is 16.0 Å². The highest BCUT2D eigenvalue weighted by Gasteiger charge is 2.11. The van der Waals surface area contributed by atoms with Crippen LogP contribution in [0.3, 0.4) is 0 Å². The van der Waals surface area contributed by atoms with Crippen LogP contribution in [0, 0.1) is 0 Å². The monoisotopic (exact) mass is 216 g/mol. The summed E-state index contributed by atoms with van der Waals surface area (Å²) in [6.07, 6.45) is 1.00. The van der Waals surface area contributed by atoms with Gasteiger partial charge in [0.25, 0.3) is 0 Å². The van der Waals surface area contributed by atoms with Crippen LogP contribution in [0.25, 0.3) is 16.7 Å². The van der Waals surface area contributed by atoms with Gasteiger partial charge in [0, 0.05) is 29.4 Å². The third-order valence-corrected chi connectivity index (χ3v) is 2.87. The van der Waals surface area contributed by atoms with E-state index in [1.807, 2.05) is 36.0 Å². The predicted octanol–water partition coefficient (Wildman–Crippen LogP) is -1.30. The Morgan fingerprint density at radius 1 is 1.44 bits per heavy atom. The molecule has 1 unspecified atom stereocenters. The van der Waals surface area contributed by atoms with Crippen molar-refractivity contribution >= 4 is 16.7 Å². The first-order chi connectivity index (χ1) is 7.66. The molecule has 5 heteroatoms. The normalized spacial score (nSPS) is 19.1. The Morgan fingerprint density at radius 2 is 2.25 bits per heavy atom. The third-order valence-electron chi connectivity index (χ3n) is 2.87. The molecule has 0 amide bonds. The maximum absolute atomic E-state index is 9.51. The average molecular weight is 216 g/mol. The van der Waals surface area contributed by atoms with Gasteiger partial charge in [-0.2, -0.15) is 0 Å². The van der Waals surface area contributed by atoms with Gasteiger partial charge in [0.15, 0.2) is 0 Å². The van der Waals surface area contributed by atoms with Gasteiger partial charge in [-0.3, -0.25) is 0 Å². The molecule has 2 aromatic rings. The van der Waals surface area contributed by atoms with Crippen LogP contribution in [-0.2, 0) is 7.05 Å².